The fourth-order valence-corrected chi connectivity index (χ4v) is 4.36. The minimum atomic E-state index is -1.12. The molecule has 0 bridgehead atoms. The molecule has 0 radical (unpaired) electrons. The molecule has 1 heterocycles. The Kier molecular flexibility index (Phi) is 4.50. The minimum absolute atomic E-state index is 0.409. The topological polar surface area (TPSA) is 54.5 Å². The lowest BCUT2D eigenvalue weighted by Crippen LogP contribution is -2.27. The van der Waals surface area contributed by atoms with Crippen molar-refractivity contribution in [2.45, 2.75) is 23.5 Å². The lowest BCUT2D eigenvalue weighted by Gasteiger charge is -2.21. The number of rotatable bonds is 4. The summed E-state index contributed by atoms with van der Waals surface area (Å²) in [4.78, 5) is 15.4. The number of hydrogen-bond acceptors (Lipinski definition) is 4. The van der Waals surface area contributed by atoms with Gasteiger partial charge in [-0.25, -0.2) is 9.24 Å². The van der Waals surface area contributed by atoms with Crippen LogP contribution < -0.4 is 0 Å². The van der Waals surface area contributed by atoms with Gasteiger partial charge in [0, 0.05) is 15.8 Å². The van der Waals surface area contributed by atoms with Crippen LogP contribution in [0.3, 0.4) is 0 Å². The summed E-state index contributed by atoms with van der Waals surface area (Å²) in [5.74, 6) is -1.40. The molecule has 0 saturated heterocycles. The van der Waals surface area contributed by atoms with E-state index in [1.54, 1.807) is 38.1 Å². The van der Waals surface area contributed by atoms with E-state index in [9.17, 15) is 14.3 Å². The van der Waals surface area contributed by atoms with Crippen LogP contribution in [0.15, 0.2) is 41.4 Å². The number of carboxylic acid groups (broad SMARTS) is 1. The van der Waals surface area contributed by atoms with Crippen LogP contribution in [0.4, 0.5) is 10.1 Å². The first-order valence-corrected chi connectivity index (χ1v) is 8.89. The largest absolute Gasteiger partial charge is 0.480 e. The van der Waals surface area contributed by atoms with Gasteiger partial charge < -0.3 is 5.11 Å². The molecule has 25 heavy (non-hydrogen) atoms. The summed E-state index contributed by atoms with van der Waals surface area (Å²) < 4.78 is 18.1. The summed E-state index contributed by atoms with van der Waals surface area (Å²) in [5.41, 5.74) is 2.05. The van der Waals surface area contributed by atoms with Crippen molar-refractivity contribution in [3.8, 4) is 11.1 Å². The van der Waals surface area contributed by atoms with Gasteiger partial charge in [-0.1, -0.05) is 24.3 Å². The van der Waals surface area contributed by atoms with Gasteiger partial charge in [0.1, 0.15) is 10.6 Å². The van der Waals surface area contributed by atoms with Crippen molar-refractivity contribution in [3.05, 3.63) is 53.8 Å². The van der Waals surface area contributed by atoms with E-state index in [0.717, 1.165) is 22.9 Å². The van der Waals surface area contributed by atoms with E-state index in [1.807, 2.05) is 0 Å². The van der Waals surface area contributed by atoms with Gasteiger partial charge in [0.05, 0.1) is 17.5 Å². The predicted molar refractivity (Wildman–Crippen MR) is 98.8 cm³/mol. The van der Waals surface area contributed by atoms with E-state index < -0.39 is 16.5 Å². The molecule has 1 aromatic heterocycles. The van der Waals surface area contributed by atoms with E-state index in [1.165, 1.54) is 23.8 Å². The quantitative estimate of drug-likeness (QED) is 0.478. The van der Waals surface area contributed by atoms with Crippen molar-refractivity contribution < 1.29 is 14.3 Å². The molecule has 0 saturated carbocycles. The number of aromatic nitrogens is 1. The van der Waals surface area contributed by atoms with Crippen LogP contribution in [0, 0.1) is 12.4 Å². The highest BCUT2D eigenvalue weighted by atomic mass is 32.2. The molecule has 4 nitrogen and oxygen atoms in total. The summed E-state index contributed by atoms with van der Waals surface area (Å²) >= 11 is 2.27. The van der Waals surface area contributed by atoms with Crippen molar-refractivity contribution in [2.24, 2.45) is 0 Å². The molecule has 126 valence electrons. The second-order valence-corrected chi connectivity index (χ2v) is 8.34. The van der Waals surface area contributed by atoms with Gasteiger partial charge in [-0.3, -0.25) is 4.79 Å². The van der Waals surface area contributed by atoms with Crippen LogP contribution in [0.25, 0.3) is 26.1 Å². The number of carboxylic acids is 1. The standard InChI is InChI=1S/C18H13FN2O2S2/c1-18(2,17(22)23)24-14-8-13(19)12-9-21-25-16(12)15(14)10-4-6-11(20-3)7-5-10/h4-9H,1-2H3,(H,22,23). The van der Waals surface area contributed by atoms with Gasteiger partial charge in [0.15, 0.2) is 5.69 Å². The summed E-state index contributed by atoms with van der Waals surface area (Å²) in [6, 6.07) is 8.32. The maximum absolute atomic E-state index is 14.4. The third-order valence-corrected chi connectivity index (χ3v) is 5.77. The molecule has 3 rings (SSSR count). The molecule has 0 spiro atoms. The molecule has 7 heteroatoms. The van der Waals surface area contributed by atoms with Crippen molar-refractivity contribution in [2.75, 3.05) is 0 Å². The number of aliphatic carboxylic acids is 1. The fourth-order valence-electron chi connectivity index (χ4n) is 2.34. The van der Waals surface area contributed by atoms with Gasteiger partial charge >= 0.3 is 5.97 Å². The molecule has 0 aliphatic carbocycles. The molecule has 0 unspecified atom stereocenters. The Morgan fingerprint density at radius 2 is 2.04 bits per heavy atom. The van der Waals surface area contributed by atoms with Crippen LogP contribution in [-0.2, 0) is 4.79 Å². The van der Waals surface area contributed by atoms with Crippen LogP contribution in [-0.4, -0.2) is 20.2 Å². The zero-order chi connectivity index (χ0) is 18.2. The molecule has 0 fully saturated rings. The Hall–Kier alpha value is -2.43. The lowest BCUT2D eigenvalue weighted by molar-refractivity contribution is -0.138. The summed E-state index contributed by atoms with van der Waals surface area (Å²) in [6.07, 6.45) is 1.48. The normalized spacial score (nSPS) is 11.4. The van der Waals surface area contributed by atoms with Crippen LogP contribution in [0.1, 0.15) is 13.8 Å². The number of thioether (sulfide) groups is 1. The number of fused-ring (bicyclic) bond motifs is 1. The van der Waals surface area contributed by atoms with E-state index in [4.69, 9.17) is 6.57 Å². The van der Waals surface area contributed by atoms with Gasteiger partial charge in [-0.15, -0.1) is 11.8 Å². The fraction of sp³-hybridized carbons (Fsp3) is 0.167. The maximum Gasteiger partial charge on any atom is 0.319 e. The molecule has 0 amide bonds. The highest BCUT2D eigenvalue weighted by molar-refractivity contribution is 8.01. The van der Waals surface area contributed by atoms with Crippen molar-refractivity contribution >= 4 is 45.0 Å². The Morgan fingerprint density at radius 1 is 1.36 bits per heavy atom. The maximum atomic E-state index is 14.4. The zero-order valence-corrected chi connectivity index (χ0v) is 15.0. The highest BCUT2D eigenvalue weighted by Crippen LogP contribution is 2.44. The zero-order valence-electron chi connectivity index (χ0n) is 13.4. The Morgan fingerprint density at radius 3 is 2.64 bits per heavy atom. The molecule has 0 aliphatic heterocycles. The van der Waals surface area contributed by atoms with Crippen LogP contribution >= 0.6 is 23.3 Å². The monoisotopic (exact) mass is 372 g/mol. The second-order valence-electron chi connectivity index (χ2n) is 5.88. The smallest absolute Gasteiger partial charge is 0.319 e. The van der Waals surface area contributed by atoms with Gasteiger partial charge in [0.2, 0.25) is 0 Å². The average molecular weight is 372 g/mol. The Balaban J connectivity index is 2.25. The highest BCUT2D eigenvalue weighted by Gasteiger charge is 2.31. The first-order chi connectivity index (χ1) is 11.8. The average Bonchev–Trinajstić information content (AvgIpc) is 3.05. The molecule has 2 aromatic carbocycles. The summed E-state index contributed by atoms with van der Waals surface area (Å²) in [7, 11) is 0. The van der Waals surface area contributed by atoms with E-state index in [-0.39, 0.29) is 0 Å². The van der Waals surface area contributed by atoms with Crippen molar-refractivity contribution in [3.63, 3.8) is 0 Å². The molecule has 0 atom stereocenters. The molecular weight excluding hydrogens is 359 g/mol. The second kappa shape index (κ2) is 6.47. The van der Waals surface area contributed by atoms with Crippen molar-refractivity contribution in [1.29, 1.82) is 0 Å². The Bertz CT molecular complexity index is 1000. The lowest BCUT2D eigenvalue weighted by atomic mass is 10.0. The van der Waals surface area contributed by atoms with E-state index in [2.05, 4.69) is 9.22 Å². The number of halogens is 1. The number of nitrogens with zero attached hydrogens (tertiary/aromatic N) is 2. The van der Waals surface area contributed by atoms with Gasteiger partial charge in [0.25, 0.3) is 0 Å². The molecular formula is C18H13FN2O2S2. The SMILES string of the molecule is [C-]#[N+]c1ccc(-c2c(SC(C)(C)C(=O)O)cc(F)c3cnsc23)cc1. The third kappa shape index (κ3) is 3.23. The number of hydrogen-bond donors (Lipinski definition) is 1. The Labute approximate surface area is 152 Å². The molecule has 3 aromatic rings. The van der Waals surface area contributed by atoms with Crippen LogP contribution in [0.2, 0.25) is 0 Å². The third-order valence-electron chi connectivity index (χ3n) is 3.72. The van der Waals surface area contributed by atoms with Crippen LogP contribution in [0.5, 0.6) is 0 Å². The van der Waals surface area contributed by atoms with Gasteiger partial charge in [-0.05, 0) is 37.0 Å². The van der Waals surface area contributed by atoms with E-state index in [0.29, 0.717) is 20.7 Å². The molecule has 0 aliphatic rings. The minimum Gasteiger partial charge on any atom is -0.480 e. The predicted octanol–water partition coefficient (Wildman–Crippen LogP) is 5.61. The molecule has 1 N–H and O–H groups in total. The van der Waals surface area contributed by atoms with E-state index >= 15 is 0 Å². The summed E-state index contributed by atoms with van der Waals surface area (Å²) in [5, 5.41) is 9.83. The van der Waals surface area contributed by atoms with Crippen molar-refractivity contribution in [1.82, 2.24) is 4.37 Å². The first-order valence-electron chi connectivity index (χ1n) is 7.30. The summed E-state index contributed by atoms with van der Waals surface area (Å²) in [6.45, 7) is 10.2. The number of benzene rings is 2. The van der Waals surface area contributed by atoms with Gasteiger partial charge in [-0.2, -0.15) is 4.37 Å². The number of carbonyl (C=O) groups is 1. The first kappa shape index (κ1) is 17.4.